The molecule has 4 aromatic carbocycles. The van der Waals surface area contributed by atoms with E-state index in [4.69, 9.17) is 14.8 Å². The molecule has 6 nitrogen and oxygen atoms in total. The first kappa shape index (κ1) is 29.4. The minimum absolute atomic E-state index is 0.766. The number of rotatable bonds is 6. The van der Waals surface area contributed by atoms with E-state index in [1.165, 1.54) is 38.9 Å². The molecule has 0 aliphatic heterocycles. The molecule has 0 unspecified atom stereocenters. The summed E-state index contributed by atoms with van der Waals surface area (Å²) in [6.45, 7) is 12.8. The van der Waals surface area contributed by atoms with Crippen molar-refractivity contribution < 1.29 is 4.74 Å². The molecule has 0 aliphatic carbocycles. The van der Waals surface area contributed by atoms with E-state index >= 15 is 0 Å². The number of para-hydroxylation sites is 1. The molecule has 6 heteroatoms. The van der Waals surface area contributed by atoms with Crippen LogP contribution < -0.4 is 9.64 Å². The fraction of sp³-hybridized carbons (Fsp3) is 0.200. The maximum Gasteiger partial charge on any atom is 0.137 e. The Morgan fingerprint density at radius 1 is 0.652 bits per heavy atom. The number of fused-ring (bicyclic) bond motifs is 3. The summed E-state index contributed by atoms with van der Waals surface area (Å²) >= 11 is 0. The van der Waals surface area contributed by atoms with Gasteiger partial charge >= 0.3 is 0 Å². The number of anilines is 1. The Balaban J connectivity index is 1.29. The molecular weight excluding hydrogens is 566 g/mol. The summed E-state index contributed by atoms with van der Waals surface area (Å²) < 4.78 is 10.9. The molecular formula is C40H39N5O. The lowest BCUT2D eigenvalue weighted by molar-refractivity contribution is 0.482. The summed E-state index contributed by atoms with van der Waals surface area (Å²) in [7, 11) is 4.16. The Kier molecular flexibility index (Phi) is 7.16. The summed E-state index contributed by atoms with van der Waals surface area (Å²) in [4.78, 5) is 6.88. The minimum atomic E-state index is 0.766. The SMILES string of the molecule is Cc1cc(Oc2ccc3c4ccccc4n(-c4cc(C)ccn4)c3c2)cc(-n2nc(C)c(-c3c(C)cc(N(C)C)cc3C)c2C)c1. The van der Waals surface area contributed by atoms with Gasteiger partial charge in [-0.1, -0.05) is 18.2 Å². The molecule has 0 saturated heterocycles. The molecule has 3 heterocycles. The van der Waals surface area contributed by atoms with Gasteiger partial charge in [0.15, 0.2) is 0 Å². The van der Waals surface area contributed by atoms with Gasteiger partial charge in [-0.2, -0.15) is 5.10 Å². The van der Waals surface area contributed by atoms with E-state index in [-0.39, 0.29) is 0 Å². The van der Waals surface area contributed by atoms with Crippen molar-refractivity contribution in [2.24, 2.45) is 0 Å². The number of aryl methyl sites for hydroxylation is 5. The number of pyridine rings is 1. The molecule has 230 valence electrons. The van der Waals surface area contributed by atoms with Crippen molar-refractivity contribution in [1.29, 1.82) is 0 Å². The summed E-state index contributed by atoms with van der Waals surface area (Å²) in [5, 5.41) is 7.39. The van der Waals surface area contributed by atoms with Crippen molar-refractivity contribution in [2.75, 3.05) is 19.0 Å². The molecule has 7 rings (SSSR count). The van der Waals surface area contributed by atoms with Gasteiger partial charge in [-0.15, -0.1) is 0 Å². The van der Waals surface area contributed by atoms with E-state index in [0.29, 0.717) is 0 Å². The van der Waals surface area contributed by atoms with Gasteiger partial charge in [-0.3, -0.25) is 4.57 Å². The van der Waals surface area contributed by atoms with Crippen molar-refractivity contribution in [1.82, 2.24) is 19.3 Å². The van der Waals surface area contributed by atoms with Crippen molar-refractivity contribution in [2.45, 2.75) is 41.5 Å². The van der Waals surface area contributed by atoms with Gasteiger partial charge in [0.25, 0.3) is 0 Å². The van der Waals surface area contributed by atoms with Crippen LogP contribution in [0.25, 0.3) is 44.4 Å². The molecule has 0 fully saturated rings. The maximum absolute atomic E-state index is 6.60. The van der Waals surface area contributed by atoms with Crippen molar-refractivity contribution in [3.63, 3.8) is 0 Å². The van der Waals surface area contributed by atoms with E-state index < -0.39 is 0 Å². The van der Waals surface area contributed by atoms with Crippen LogP contribution in [-0.2, 0) is 0 Å². The van der Waals surface area contributed by atoms with E-state index in [9.17, 15) is 0 Å². The number of ether oxygens (including phenoxy) is 1. The molecule has 46 heavy (non-hydrogen) atoms. The third-order valence-corrected chi connectivity index (χ3v) is 8.87. The molecule has 3 aromatic heterocycles. The highest BCUT2D eigenvalue weighted by atomic mass is 16.5. The number of nitrogens with zero attached hydrogens (tertiary/aromatic N) is 5. The number of aromatic nitrogens is 4. The fourth-order valence-electron chi connectivity index (χ4n) is 6.80. The van der Waals surface area contributed by atoms with Crippen LogP contribution in [0.15, 0.2) is 91.1 Å². The predicted octanol–water partition coefficient (Wildman–Crippen LogP) is 9.74. The second-order valence-electron chi connectivity index (χ2n) is 12.6. The first-order valence-electron chi connectivity index (χ1n) is 15.7. The molecule has 0 amide bonds. The lowest BCUT2D eigenvalue weighted by Crippen LogP contribution is -2.09. The summed E-state index contributed by atoms with van der Waals surface area (Å²) in [5.74, 6) is 2.42. The Labute approximate surface area is 270 Å². The van der Waals surface area contributed by atoms with Gasteiger partial charge in [0.05, 0.1) is 22.4 Å². The van der Waals surface area contributed by atoms with Gasteiger partial charge in [-0.05, 0) is 124 Å². The largest absolute Gasteiger partial charge is 0.457 e. The minimum Gasteiger partial charge on any atom is -0.457 e. The van der Waals surface area contributed by atoms with Crippen molar-refractivity contribution >= 4 is 27.5 Å². The van der Waals surface area contributed by atoms with Crippen LogP contribution in [0.2, 0.25) is 0 Å². The van der Waals surface area contributed by atoms with E-state index in [1.54, 1.807) is 0 Å². The van der Waals surface area contributed by atoms with E-state index in [2.05, 4.69) is 144 Å². The highest BCUT2D eigenvalue weighted by molar-refractivity contribution is 6.09. The lowest BCUT2D eigenvalue weighted by atomic mass is 9.93. The van der Waals surface area contributed by atoms with Crippen LogP contribution in [0, 0.1) is 41.5 Å². The van der Waals surface area contributed by atoms with E-state index in [1.807, 2.05) is 16.9 Å². The zero-order valence-corrected chi connectivity index (χ0v) is 27.8. The predicted molar refractivity (Wildman–Crippen MR) is 190 cm³/mol. The number of hydrogen-bond acceptors (Lipinski definition) is 4. The molecule has 7 aromatic rings. The Morgan fingerprint density at radius 3 is 2.13 bits per heavy atom. The molecule has 0 saturated carbocycles. The molecule has 0 atom stereocenters. The molecule has 0 radical (unpaired) electrons. The first-order chi connectivity index (χ1) is 22.1. The second-order valence-corrected chi connectivity index (χ2v) is 12.6. The standard InChI is InChI=1S/C40H39N5O/c1-24-15-16-41-38(19-24)44-36-12-10-9-11-34(36)35-14-13-32(23-37(35)44)46-33-18-25(2)17-31(22-33)45-29(6)40(28(5)42-45)39-26(3)20-30(43(7)8)21-27(39)4/h9-23H,1-8H3. The molecule has 0 N–H and O–H groups in total. The van der Waals surface area contributed by atoms with Gasteiger partial charge in [-0.25, -0.2) is 9.67 Å². The molecule has 0 spiro atoms. The molecule has 0 bridgehead atoms. The average molecular weight is 606 g/mol. The number of hydrogen-bond donors (Lipinski definition) is 0. The zero-order chi connectivity index (χ0) is 32.3. The molecule has 0 aliphatic rings. The highest BCUT2D eigenvalue weighted by Crippen LogP contribution is 2.38. The second kappa shape index (κ2) is 11.2. The maximum atomic E-state index is 6.60. The Bertz CT molecular complexity index is 2260. The van der Waals surface area contributed by atoms with Crippen molar-refractivity contribution in [3.8, 4) is 34.1 Å². The normalized spacial score (nSPS) is 11.5. The van der Waals surface area contributed by atoms with Crippen LogP contribution in [0.5, 0.6) is 11.5 Å². The van der Waals surface area contributed by atoms with Crippen LogP contribution in [0.3, 0.4) is 0 Å². The fourth-order valence-corrected chi connectivity index (χ4v) is 6.80. The topological polar surface area (TPSA) is 48.1 Å². The summed E-state index contributed by atoms with van der Waals surface area (Å²) in [6, 6.07) is 29.8. The summed E-state index contributed by atoms with van der Waals surface area (Å²) in [5.41, 5.74) is 13.7. The van der Waals surface area contributed by atoms with Gasteiger partial charge in [0.2, 0.25) is 0 Å². The zero-order valence-electron chi connectivity index (χ0n) is 27.8. The Morgan fingerprint density at radius 2 is 1.39 bits per heavy atom. The van der Waals surface area contributed by atoms with Gasteiger partial charge in [0.1, 0.15) is 17.3 Å². The van der Waals surface area contributed by atoms with Gasteiger partial charge in [0, 0.05) is 60.1 Å². The van der Waals surface area contributed by atoms with Crippen LogP contribution >= 0.6 is 0 Å². The van der Waals surface area contributed by atoms with Crippen molar-refractivity contribution in [3.05, 3.63) is 125 Å². The average Bonchev–Trinajstić information content (AvgIpc) is 3.49. The smallest absolute Gasteiger partial charge is 0.137 e. The highest BCUT2D eigenvalue weighted by Gasteiger charge is 2.20. The third kappa shape index (κ3) is 5.00. The van der Waals surface area contributed by atoms with E-state index in [0.717, 1.165) is 56.4 Å². The Hall–Kier alpha value is -5.36. The third-order valence-electron chi connectivity index (χ3n) is 8.87. The quantitative estimate of drug-likeness (QED) is 0.189. The van der Waals surface area contributed by atoms with Gasteiger partial charge < -0.3 is 9.64 Å². The first-order valence-corrected chi connectivity index (χ1v) is 15.7. The monoisotopic (exact) mass is 605 g/mol. The van der Waals surface area contributed by atoms with Crippen LogP contribution in [-0.4, -0.2) is 33.4 Å². The van der Waals surface area contributed by atoms with Crippen LogP contribution in [0.4, 0.5) is 5.69 Å². The summed E-state index contributed by atoms with van der Waals surface area (Å²) in [6.07, 6.45) is 1.87. The lowest BCUT2D eigenvalue weighted by Gasteiger charge is -2.18. The van der Waals surface area contributed by atoms with Crippen LogP contribution in [0.1, 0.15) is 33.6 Å². The number of benzene rings is 4.